The van der Waals surface area contributed by atoms with Crippen molar-refractivity contribution in [2.24, 2.45) is 0 Å². The average molecular weight is 265 g/mol. The molecule has 3 rings (SSSR count). The molecule has 0 spiro atoms. The number of H-pyrrole nitrogens is 1. The minimum atomic E-state index is -0.107. The fourth-order valence-corrected chi connectivity index (χ4v) is 2.25. The van der Waals surface area contributed by atoms with Crippen LogP contribution < -0.4 is 5.32 Å². The number of carbonyl (C=O) groups is 1. The van der Waals surface area contributed by atoms with Gasteiger partial charge < -0.3 is 10.3 Å². The van der Waals surface area contributed by atoms with Crippen LogP contribution in [0.4, 0.5) is 0 Å². The Bertz CT molecular complexity index is 761. The van der Waals surface area contributed by atoms with Crippen LogP contribution in [0.1, 0.15) is 21.5 Å². The van der Waals surface area contributed by atoms with Gasteiger partial charge in [-0.2, -0.15) is 0 Å². The number of amides is 1. The average Bonchev–Trinajstić information content (AvgIpc) is 2.93. The number of para-hydroxylation sites is 1. The largest absolute Gasteiger partial charge is 0.348 e. The van der Waals surface area contributed by atoms with Crippen LogP contribution in [0.2, 0.25) is 0 Å². The van der Waals surface area contributed by atoms with Crippen molar-refractivity contribution >= 4 is 16.9 Å². The Morgan fingerprint density at radius 3 is 2.95 bits per heavy atom. The molecule has 3 aromatic rings. The lowest BCUT2D eigenvalue weighted by Gasteiger charge is -2.06. The van der Waals surface area contributed by atoms with E-state index in [4.69, 9.17) is 0 Å². The van der Waals surface area contributed by atoms with Crippen molar-refractivity contribution in [1.82, 2.24) is 15.3 Å². The molecule has 1 heterocycles. The summed E-state index contributed by atoms with van der Waals surface area (Å²) in [5.41, 5.74) is 4.44. The van der Waals surface area contributed by atoms with Crippen LogP contribution in [0.25, 0.3) is 11.0 Å². The van der Waals surface area contributed by atoms with Gasteiger partial charge in [-0.3, -0.25) is 4.79 Å². The van der Waals surface area contributed by atoms with Crippen LogP contribution in [-0.4, -0.2) is 15.9 Å². The zero-order valence-corrected chi connectivity index (χ0v) is 11.2. The Morgan fingerprint density at radius 1 is 1.25 bits per heavy atom. The van der Waals surface area contributed by atoms with Gasteiger partial charge in [-0.05, 0) is 24.6 Å². The number of nitrogens with one attached hydrogen (secondary N) is 2. The number of aromatic nitrogens is 2. The van der Waals surface area contributed by atoms with Crippen molar-refractivity contribution in [3.05, 3.63) is 65.5 Å². The van der Waals surface area contributed by atoms with E-state index in [0.717, 1.165) is 11.1 Å². The molecule has 0 aliphatic rings. The minimum Gasteiger partial charge on any atom is -0.348 e. The number of aromatic amines is 1. The van der Waals surface area contributed by atoms with Crippen molar-refractivity contribution in [2.75, 3.05) is 0 Å². The third-order valence-corrected chi connectivity index (χ3v) is 3.23. The van der Waals surface area contributed by atoms with E-state index in [1.807, 2.05) is 37.3 Å². The Kier molecular flexibility index (Phi) is 3.21. The van der Waals surface area contributed by atoms with Crippen molar-refractivity contribution < 1.29 is 4.79 Å². The molecule has 2 aromatic carbocycles. The minimum absolute atomic E-state index is 0.107. The highest BCUT2D eigenvalue weighted by atomic mass is 16.1. The molecule has 0 aliphatic heterocycles. The number of benzene rings is 2. The molecule has 4 heteroatoms. The van der Waals surface area contributed by atoms with Crippen LogP contribution in [0.15, 0.2) is 48.8 Å². The number of hydrogen-bond donors (Lipinski definition) is 2. The van der Waals surface area contributed by atoms with E-state index in [9.17, 15) is 4.79 Å². The number of hydrogen-bond acceptors (Lipinski definition) is 2. The highest BCUT2D eigenvalue weighted by Gasteiger charge is 2.11. The standard InChI is InChI=1S/C16H15N3O/c1-11-4-2-5-12(8-11)9-17-16(20)13-6-3-7-14-15(13)19-10-18-14/h2-8,10H,9H2,1H3,(H,17,20)(H,18,19). The van der Waals surface area contributed by atoms with Gasteiger partial charge in [0, 0.05) is 6.54 Å². The van der Waals surface area contributed by atoms with Gasteiger partial charge in [-0.15, -0.1) is 0 Å². The first kappa shape index (κ1) is 12.4. The van der Waals surface area contributed by atoms with Crippen molar-refractivity contribution in [3.63, 3.8) is 0 Å². The molecule has 0 unspecified atom stereocenters. The highest BCUT2D eigenvalue weighted by Crippen LogP contribution is 2.14. The highest BCUT2D eigenvalue weighted by molar-refractivity contribution is 6.04. The number of aryl methyl sites for hydroxylation is 1. The number of fused-ring (bicyclic) bond motifs is 1. The second-order valence-electron chi connectivity index (χ2n) is 4.78. The predicted molar refractivity (Wildman–Crippen MR) is 78.4 cm³/mol. The lowest BCUT2D eigenvalue weighted by molar-refractivity contribution is 0.0952. The van der Waals surface area contributed by atoms with Crippen molar-refractivity contribution in [2.45, 2.75) is 13.5 Å². The number of rotatable bonds is 3. The molecular formula is C16H15N3O. The van der Waals surface area contributed by atoms with Gasteiger partial charge in [0.1, 0.15) is 5.52 Å². The van der Waals surface area contributed by atoms with Crippen molar-refractivity contribution in [3.8, 4) is 0 Å². The number of imidazole rings is 1. The zero-order chi connectivity index (χ0) is 13.9. The topological polar surface area (TPSA) is 57.8 Å². The second-order valence-corrected chi connectivity index (χ2v) is 4.78. The molecule has 4 nitrogen and oxygen atoms in total. The molecule has 1 amide bonds. The van der Waals surface area contributed by atoms with Crippen LogP contribution in [-0.2, 0) is 6.54 Å². The van der Waals surface area contributed by atoms with Crippen LogP contribution in [0, 0.1) is 6.92 Å². The van der Waals surface area contributed by atoms with Gasteiger partial charge >= 0.3 is 0 Å². The van der Waals surface area contributed by atoms with Crippen LogP contribution in [0.3, 0.4) is 0 Å². The second kappa shape index (κ2) is 5.17. The summed E-state index contributed by atoms with van der Waals surface area (Å²) in [6, 6.07) is 13.6. The molecule has 0 saturated carbocycles. The SMILES string of the molecule is Cc1cccc(CNC(=O)c2cccc3[nH]cnc23)c1. The van der Waals surface area contributed by atoms with Crippen LogP contribution in [0.5, 0.6) is 0 Å². The first-order valence-electron chi connectivity index (χ1n) is 6.50. The monoisotopic (exact) mass is 265 g/mol. The molecule has 0 bridgehead atoms. The summed E-state index contributed by atoms with van der Waals surface area (Å²) < 4.78 is 0. The number of carbonyl (C=O) groups excluding carboxylic acids is 1. The lowest BCUT2D eigenvalue weighted by atomic mass is 10.1. The summed E-state index contributed by atoms with van der Waals surface area (Å²) >= 11 is 0. The molecule has 0 radical (unpaired) electrons. The predicted octanol–water partition coefficient (Wildman–Crippen LogP) is 2.80. The molecule has 2 N–H and O–H groups in total. The van der Waals surface area contributed by atoms with Gasteiger partial charge in [0.25, 0.3) is 5.91 Å². The van der Waals surface area contributed by atoms with Gasteiger partial charge in [-0.1, -0.05) is 35.9 Å². The molecule has 0 saturated heterocycles. The molecule has 1 aromatic heterocycles. The lowest BCUT2D eigenvalue weighted by Crippen LogP contribution is -2.23. The molecule has 100 valence electrons. The van der Waals surface area contributed by atoms with E-state index in [1.54, 1.807) is 12.4 Å². The molecule has 20 heavy (non-hydrogen) atoms. The summed E-state index contributed by atoms with van der Waals surface area (Å²) in [4.78, 5) is 19.4. The zero-order valence-electron chi connectivity index (χ0n) is 11.2. The Morgan fingerprint density at radius 2 is 2.10 bits per heavy atom. The van der Waals surface area contributed by atoms with Crippen molar-refractivity contribution in [1.29, 1.82) is 0 Å². The fourth-order valence-electron chi connectivity index (χ4n) is 2.25. The first-order valence-corrected chi connectivity index (χ1v) is 6.50. The van der Waals surface area contributed by atoms with E-state index in [0.29, 0.717) is 17.6 Å². The quantitative estimate of drug-likeness (QED) is 0.765. The maximum Gasteiger partial charge on any atom is 0.253 e. The van der Waals surface area contributed by atoms with E-state index >= 15 is 0 Å². The summed E-state index contributed by atoms with van der Waals surface area (Å²) in [6.45, 7) is 2.55. The van der Waals surface area contributed by atoms with Gasteiger partial charge in [0.2, 0.25) is 0 Å². The maximum absolute atomic E-state index is 12.2. The maximum atomic E-state index is 12.2. The Hall–Kier alpha value is -2.62. The molecular weight excluding hydrogens is 250 g/mol. The van der Waals surface area contributed by atoms with E-state index in [-0.39, 0.29) is 5.91 Å². The molecule has 0 atom stereocenters. The summed E-state index contributed by atoms with van der Waals surface area (Å²) in [5, 5.41) is 2.93. The summed E-state index contributed by atoms with van der Waals surface area (Å²) in [6.07, 6.45) is 1.60. The number of nitrogens with zero attached hydrogens (tertiary/aromatic N) is 1. The Labute approximate surface area is 116 Å². The van der Waals surface area contributed by atoms with Gasteiger partial charge in [-0.25, -0.2) is 4.98 Å². The molecule has 0 aliphatic carbocycles. The fraction of sp³-hybridized carbons (Fsp3) is 0.125. The summed E-state index contributed by atoms with van der Waals surface area (Å²) in [5.74, 6) is -0.107. The Balaban J connectivity index is 1.78. The smallest absolute Gasteiger partial charge is 0.253 e. The van der Waals surface area contributed by atoms with E-state index in [1.165, 1.54) is 5.56 Å². The third-order valence-electron chi connectivity index (χ3n) is 3.23. The van der Waals surface area contributed by atoms with Crippen LogP contribution >= 0.6 is 0 Å². The van der Waals surface area contributed by atoms with E-state index < -0.39 is 0 Å². The molecule has 0 fully saturated rings. The first-order chi connectivity index (χ1) is 9.74. The summed E-state index contributed by atoms with van der Waals surface area (Å²) in [7, 11) is 0. The normalized spacial score (nSPS) is 10.7. The van der Waals surface area contributed by atoms with Gasteiger partial charge in [0.15, 0.2) is 0 Å². The van der Waals surface area contributed by atoms with Gasteiger partial charge in [0.05, 0.1) is 17.4 Å². The van der Waals surface area contributed by atoms with E-state index in [2.05, 4.69) is 21.4 Å². The third kappa shape index (κ3) is 2.40.